The standard InChI is InChI=1S/C9H8N4O2/c14-8-2-1-7(3-9(8)15)4-11-13-6-10-5-12-13/h1-6,14-15H/b11-4-. The summed E-state index contributed by atoms with van der Waals surface area (Å²) in [4.78, 5) is 5.00. The van der Waals surface area contributed by atoms with Crippen LogP contribution >= 0.6 is 0 Å². The molecule has 1 aromatic heterocycles. The highest BCUT2D eigenvalue weighted by molar-refractivity contribution is 5.80. The van der Waals surface area contributed by atoms with Gasteiger partial charge in [0.2, 0.25) is 0 Å². The van der Waals surface area contributed by atoms with Gasteiger partial charge in [-0.1, -0.05) is 0 Å². The Kier molecular flexibility index (Phi) is 2.32. The summed E-state index contributed by atoms with van der Waals surface area (Å²) in [7, 11) is 0. The third kappa shape index (κ3) is 2.11. The molecule has 2 aromatic rings. The van der Waals surface area contributed by atoms with E-state index in [1.165, 1.54) is 35.8 Å². The van der Waals surface area contributed by atoms with E-state index < -0.39 is 0 Å². The normalized spacial score (nSPS) is 10.9. The van der Waals surface area contributed by atoms with Gasteiger partial charge in [0.25, 0.3) is 0 Å². The van der Waals surface area contributed by atoms with Crippen molar-refractivity contribution in [1.82, 2.24) is 14.9 Å². The van der Waals surface area contributed by atoms with Gasteiger partial charge in [0.1, 0.15) is 12.7 Å². The van der Waals surface area contributed by atoms with Crippen molar-refractivity contribution in [3.63, 3.8) is 0 Å². The Labute approximate surface area is 85.1 Å². The molecule has 0 aliphatic carbocycles. The third-order valence-corrected chi connectivity index (χ3v) is 1.73. The van der Waals surface area contributed by atoms with Crippen LogP contribution in [0, 0.1) is 0 Å². The molecule has 0 saturated heterocycles. The van der Waals surface area contributed by atoms with E-state index in [-0.39, 0.29) is 11.5 Å². The predicted molar refractivity (Wildman–Crippen MR) is 52.8 cm³/mol. The Balaban J connectivity index is 2.21. The van der Waals surface area contributed by atoms with Crippen molar-refractivity contribution in [2.45, 2.75) is 0 Å². The van der Waals surface area contributed by atoms with Crippen LogP contribution < -0.4 is 0 Å². The second kappa shape index (κ2) is 3.79. The van der Waals surface area contributed by atoms with Crippen LogP contribution in [-0.2, 0) is 0 Å². The topological polar surface area (TPSA) is 83.5 Å². The van der Waals surface area contributed by atoms with E-state index in [0.29, 0.717) is 5.56 Å². The van der Waals surface area contributed by atoms with Crippen molar-refractivity contribution in [2.75, 3.05) is 0 Å². The average Bonchev–Trinajstić information content (AvgIpc) is 2.73. The van der Waals surface area contributed by atoms with Gasteiger partial charge in [-0.2, -0.15) is 5.10 Å². The summed E-state index contributed by atoms with van der Waals surface area (Å²) in [5.74, 6) is -0.342. The van der Waals surface area contributed by atoms with E-state index in [1.54, 1.807) is 6.07 Å². The molecule has 0 unspecified atom stereocenters. The lowest BCUT2D eigenvalue weighted by molar-refractivity contribution is 0.403. The maximum atomic E-state index is 9.21. The molecule has 2 N–H and O–H groups in total. The molecule has 1 aromatic carbocycles. The SMILES string of the molecule is Oc1ccc(/C=N\n2cncn2)cc1O. The van der Waals surface area contributed by atoms with E-state index in [9.17, 15) is 5.11 Å². The fraction of sp³-hybridized carbons (Fsp3) is 0. The summed E-state index contributed by atoms with van der Waals surface area (Å²) in [5, 5.41) is 26.0. The Hall–Kier alpha value is -2.37. The lowest BCUT2D eigenvalue weighted by atomic mass is 10.2. The number of rotatable bonds is 2. The second-order valence-electron chi connectivity index (χ2n) is 2.81. The van der Waals surface area contributed by atoms with E-state index in [2.05, 4.69) is 15.2 Å². The zero-order chi connectivity index (χ0) is 10.7. The molecule has 6 nitrogen and oxygen atoms in total. The summed E-state index contributed by atoms with van der Waals surface area (Å²) in [6.45, 7) is 0. The molecule has 0 spiro atoms. The van der Waals surface area contributed by atoms with Gasteiger partial charge < -0.3 is 10.2 Å². The van der Waals surface area contributed by atoms with Crippen LogP contribution in [0.5, 0.6) is 11.5 Å². The van der Waals surface area contributed by atoms with Gasteiger partial charge in [-0.15, -0.1) is 9.89 Å². The second-order valence-corrected chi connectivity index (χ2v) is 2.81. The fourth-order valence-electron chi connectivity index (χ4n) is 1.01. The number of hydrogen-bond donors (Lipinski definition) is 2. The summed E-state index contributed by atoms with van der Waals surface area (Å²) >= 11 is 0. The van der Waals surface area contributed by atoms with Gasteiger partial charge in [0, 0.05) is 0 Å². The van der Waals surface area contributed by atoms with Crippen LogP contribution in [0.25, 0.3) is 0 Å². The van der Waals surface area contributed by atoms with Crippen LogP contribution in [0.1, 0.15) is 5.56 Å². The molecular formula is C9H8N4O2. The largest absolute Gasteiger partial charge is 0.504 e. The number of aromatic hydroxyl groups is 2. The maximum Gasteiger partial charge on any atom is 0.158 e. The number of hydrogen-bond acceptors (Lipinski definition) is 5. The van der Waals surface area contributed by atoms with Crippen LogP contribution in [0.15, 0.2) is 36.0 Å². The molecule has 0 aliphatic heterocycles. The van der Waals surface area contributed by atoms with Crippen molar-refractivity contribution in [1.29, 1.82) is 0 Å². The third-order valence-electron chi connectivity index (χ3n) is 1.73. The van der Waals surface area contributed by atoms with E-state index >= 15 is 0 Å². The van der Waals surface area contributed by atoms with Gasteiger partial charge in [0.05, 0.1) is 6.21 Å². The minimum Gasteiger partial charge on any atom is -0.504 e. The number of phenolic OH excluding ortho intramolecular Hbond substituents is 2. The van der Waals surface area contributed by atoms with E-state index in [0.717, 1.165) is 0 Å². The van der Waals surface area contributed by atoms with Crippen LogP contribution in [0.3, 0.4) is 0 Å². The van der Waals surface area contributed by atoms with Crippen molar-refractivity contribution in [3.8, 4) is 11.5 Å². The Bertz CT molecular complexity index is 479. The van der Waals surface area contributed by atoms with Crippen LogP contribution in [0.2, 0.25) is 0 Å². The zero-order valence-electron chi connectivity index (χ0n) is 7.65. The van der Waals surface area contributed by atoms with Gasteiger partial charge in [0.15, 0.2) is 11.5 Å². The molecule has 0 atom stereocenters. The molecule has 0 bridgehead atoms. The first kappa shape index (κ1) is 9.20. The highest BCUT2D eigenvalue weighted by atomic mass is 16.3. The van der Waals surface area contributed by atoms with Crippen molar-refractivity contribution >= 4 is 6.21 Å². The first-order chi connectivity index (χ1) is 7.25. The molecular weight excluding hydrogens is 196 g/mol. The Morgan fingerprint density at radius 1 is 1.27 bits per heavy atom. The molecule has 1 heterocycles. The summed E-state index contributed by atoms with van der Waals surface area (Å²) < 4.78 is 0. The first-order valence-electron chi connectivity index (χ1n) is 4.16. The summed E-state index contributed by atoms with van der Waals surface area (Å²) in [5.41, 5.74) is 0.654. The lowest BCUT2D eigenvalue weighted by Crippen LogP contribution is -1.90. The quantitative estimate of drug-likeness (QED) is 0.553. The molecule has 2 rings (SSSR count). The lowest BCUT2D eigenvalue weighted by Gasteiger charge is -1.97. The van der Waals surface area contributed by atoms with Crippen LogP contribution in [0.4, 0.5) is 0 Å². The summed E-state index contributed by atoms with van der Waals surface area (Å²) in [6.07, 6.45) is 4.30. The molecule has 0 saturated carbocycles. The van der Waals surface area contributed by atoms with Gasteiger partial charge in [-0.05, 0) is 23.8 Å². The van der Waals surface area contributed by atoms with Crippen molar-refractivity contribution in [2.24, 2.45) is 5.10 Å². The average molecular weight is 204 g/mol. The molecule has 0 radical (unpaired) electrons. The fourth-order valence-corrected chi connectivity index (χ4v) is 1.01. The molecule has 0 amide bonds. The number of benzene rings is 1. The molecule has 0 fully saturated rings. The van der Waals surface area contributed by atoms with Crippen molar-refractivity contribution < 1.29 is 10.2 Å². The highest BCUT2D eigenvalue weighted by Gasteiger charge is 1.98. The number of nitrogens with zero attached hydrogens (tertiary/aromatic N) is 4. The van der Waals surface area contributed by atoms with Gasteiger partial charge >= 0.3 is 0 Å². The van der Waals surface area contributed by atoms with Crippen LogP contribution in [-0.4, -0.2) is 31.3 Å². The number of phenols is 2. The maximum absolute atomic E-state index is 9.21. The Morgan fingerprint density at radius 3 is 2.80 bits per heavy atom. The van der Waals surface area contributed by atoms with Gasteiger partial charge in [-0.25, -0.2) is 4.98 Å². The minimum atomic E-state index is -0.183. The number of aromatic nitrogens is 3. The minimum absolute atomic E-state index is 0.159. The molecule has 6 heteroatoms. The van der Waals surface area contributed by atoms with E-state index in [4.69, 9.17) is 5.11 Å². The monoisotopic (exact) mass is 204 g/mol. The smallest absolute Gasteiger partial charge is 0.158 e. The zero-order valence-corrected chi connectivity index (χ0v) is 7.65. The Morgan fingerprint density at radius 2 is 2.13 bits per heavy atom. The van der Waals surface area contributed by atoms with E-state index in [1.807, 2.05) is 0 Å². The van der Waals surface area contributed by atoms with Crippen molar-refractivity contribution in [3.05, 3.63) is 36.4 Å². The molecule has 76 valence electrons. The predicted octanol–water partition coefficient (Wildman–Crippen LogP) is 0.571. The summed E-state index contributed by atoms with van der Waals surface area (Å²) in [6, 6.07) is 4.41. The first-order valence-corrected chi connectivity index (χ1v) is 4.16. The molecule has 15 heavy (non-hydrogen) atoms. The molecule has 0 aliphatic rings. The highest BCUT2D eigenvalue weighted by Crippen LogP contribution is 2.23. The van der Waals surface area contributed by atoms with Gasteiger partial charge in [-0.3, -0.25) is 0 Å².